The molecule has 2 rings (SSSR count). The molecule has 0 aliphatic heterocycles. The zero-order chi connectivity index (χ0) is 16.0. The smallest absolute Gasteiger partial charge is 0.191 e. The van der Waals surface area contributed by atoms with Crippen LogP contribution in [-0.2, 0) is 6.42 Å². The molecule has 124 valence electrons. The minimum absolute atomic E-state index is 0.462. The fraction of sp³-hybridized carbons (Fsp3) is 0.765. The Morgan fingerprint density at radius 2 is 2.05 bits per heavy atom. The first-order valence-electron chi connectivity index (χ1n) is 8.54. The van der Waals surface area contributed by atoms with Gasteiger partial charge in [0.25, 0.3) is 0 Å². The molecule has 0 atom stereocenters. The van der Waals surface area contributed by atoms with Gasteiger partial charge in [-0.15, -0.1) is 0 Å². The van der Waals surface area contributed by atoms with Crippen molar-refractivity contribution in [1.29, 1.82) is 0 Å². The quantitative estimate of drug-likeness (QED) is 0.600. The Morgan fingerprint density at radius 1 is 1.27 bits per heavy atom. The zero-order valence-corrected chi connectivity index (χ0v) is 14.5. The van der Waals surface area contributed by atoms with E-state index >= 15 is 0 Å². The van der Waals surface area contributed by atoms with Gasteiger partial charge >= 0.3 is 0 Å². The molecule has 5 nitrogen and oxygen atoms in total. The Labute approximate surface area is 133 Å². The number of aromatic nitrogens is 1. The van der Waals surface area contributed by atoms with Crippen LogP contribution in [0.25, 0.3) is 0 Å². The molecule has 1 aliphatic carbocycles. The monoisotopic (exact) mass is 306 g/mol. The fourth-order valence-corrected chi connectivity index (χ4v) is 3.05. The number of rotatable bonds is 7. The lowest BCUT2D eigenvalue weighted by Gasteiger charge is -2.40. The Balaban J connectivity index is 1.86. The predicted molar refractivity (Wildman–Crippen MR) is 90.2 cm³/mol. The lowest BCUT2D eigenvalue weighted by Crippen LogP contribution is -2.40. The van der Waals surface area contributed by atoms with Gasteiger partial charge in [-0.2, -0.15) is 0 Å². The maximum Gasteiger partial charge on any atom is 0.191 e. The number of aliphatic imine (C=N–C) groups is 1. The first-order chi connectivity index (χ1) is 10.6. The molecule has 1 aromatic rings. The van der Waals surface area contributed by atoms with Crippen molar-refractivity contribution in [1.82, 2.24) is 15.8 Å². The number of nitrogens with one attached hydrogen (secondary N) is 2. The molecular formula is C17H30N4O. The van der Waals surface area contributed by atoms with Crippen molar-refractivity contribution < 1.29 is 4.52 Å². The first-order valence-corrected chi connectivity index (χ1v) is 8.54. The second-order valence-electron chi connectivity index (χ2n) is 6.38. The Bertz CT molecular complexity index is 478. The van der Waals surface area contributed by atoms with E-state index in [4.69, 9.17) is 9.52 Å². The van der Waals surface area contributed by atoms with Crippen LogP contribution in [0.1, 0.15) is 56.5 Å². The molecule has 0 spiro atoms. The maximum absolute atomic E-state index is 5.21. The number of hydrogen-bond acceptors (Lipinski definition) is 3. The van der Waals surface area contributed by atoms with Crippen molar-refractivity contribution in [2.24, 2.45) is 10.4 Å². The van der Waals surface area contributed by atoms with E-state index in [0.29, 0.717) is 5.41 Å². The zero-order valence-electron chi connectivity index (χ0n) is 14.5. The van der Waals surface area contributed by atoms with E-state index in [0.717, 1.165) is 43.5 Å². The van der Waals surface area contributed by atoms with Crippen LogP contribution in [-0.4, -0.2) is 30.8 Å². The highest BCUT2D eigenvalue weighted by Gasteiger charge is 2.34. The van der Waals surface area contributed by atoms with Crippen molar-refractivity contribution in [3.05, 3.63) is 17.0 Å². The number of aryl methyl sites for hydroxylation is 2. The van der Waals surface area contributed by atoms with E-state index < -0.39 is 0 Å². The van der Waals surface area contributed by atoms with Gasteiger partial charge in [0.15, 0.2) is 5.96 Å². The molecule has 0 aromatic carbocycles. The minimum Gasteiger partial charge on any atom is -0.361 e. The molecule has 22 heavy (non-hydrogen) atoms. The van der Waals surface area contributed by atoms with Crippen LogP contribution >= 0.6 is 0 Å². The van der Waals surface area contributed by atoms with Gasteiger partial charge in [0.05, 0.1) is 5.69 Å². The summed E-state index contributed by atoms with van der Waals surface area (Å²) in [6.07, 6.45) is 6.15. The average Bonchev–Trinajstić information content (AvgIpc) is 2.78. The number of nitrogens with zero attached hydrogens (tertiary/aromatic N) is 2. The molecule has 1 heterocycles. The van der Waals surface area contributed by atoms with Crippen LogP contribution in [0, 0.1) is 19.3 Å². The maximum atomic E-state index is 5.21. The summed E-state index contributed by atoms with van der Waals surface area (Å²) in [5, 5.41) is 10.8. The van der Waals surface area contributed by atoms with E-state index in [-0.39, 0.29) is 0 Å². The van der Waals surface area contributed by atoms with E-state index in [1.807, 2.05) is 13.8 Å². The molecule has 1 saturated carbocycles. The third-order valence-corrected chi connectivity index (χ3v) is 4.93. The first kappa shape index (κ1) is 16.8. The van der Waals surface area contributed by atoms with Crippen molar-refractivity contribution in [3.8, 4) is 0 Å². The third-order valence-electron chi connectivity index (χ3n) is 4.93. The summed E-state index contributed by atoms with van der Waals surface area (Å²) in [6, 6.07) is 0. The summed E-state index contributed by atoms with van der Waals surface area (Å²) < 4.78 is 5.21. The highest BCUT2D eigenvalue weighted by molar-refractivity contribution is 5.79. The van der Waals surface area contributed by atoms with Crippen LogP contribution < -0.4 is 10.6 Å². The van der Waals surface area contributed by atoms with Crippen LogP contribution in [0.15, 0.2) is 9.52 Å². The topological polar surface area (TPSA) is 62.5 Å². The summed E-state index contributed by atoms with van der Waals surface area (Å²) in [6.45, 7) is 11.0. The van der Waals surface area contributed by atoms with Crippen LogP contribution in [0.5, 0.6) is 0 Å². The van der Waals surface area contributed by atoms with Gasteiger partial charge in [0, 0.05) is 25.2 Å². The van der Waals surface area contributed by atoms with E-state index in [9.17, 15) is 0 Å². The van der Waals surface area contributed by atoms with Crippen LogP contribution in [0.3, 0.4) is 0 Å². The van der Waals surface area contributed by atoms with Gasteiger partial charge in [-0.3, -0.25) is 4.99 Å². The third kappa shape index (κ3) is 4.02. The highest BCUT2D eigenvalue weighted by atomic mass is 16.5. The fourth-order valence-electron chi connectivity index (χ4n) is 3.05. The Kier molecular flexibility index (Phi) is 5.86. The lowest BCUT2D eigenvalue weighted by molar-refractivity contribution is 0.139. The number of hydrogen-bond donors (Lipinski definition) is 2. The normalized spacial score (nSPS) is 17.2. The molecule has 5 heteroatoms. The lowest BCUT2D eigenvalue weighted by atomic mass is 9.67. The van der Waals surface area contributed by atoms with Gasteiger partial charge < -0.3 is 15.2 Å². The van der Waals surface area contributed by atoms with E-state index in [2.05, 4.69) is 29.6 Å². The summed E-state index contributed by atoms with van der Waals surface area (Å²) in [4.78, 5) is 4.80. The van der Waals surface area contributed by atoms with E-state index in [1.165, 1.54) is 31.2 Å². The standard InChI is InChI=1S/C17H30N4O/c1-5-17(9-7-10-17)12-20-16(18-6-2)19-11-8-15-13(3)21-22-14(15)4/h5-12H2,1-4H3,(H2,18,19,20). The van der Waals surface area contributed by atoms with Crippen molar-refractivity contribution in [2.75, 3.05) is 19.6 Å². The van der Waals surface area contributed by atoms with Crippen molar-refractivity contribution in [3.63, 3.8) is 0 Å². The van der Waals surface area contributed by atoms with Crippen molar-refractivity contribution >= 4 is 5.96 Å². The molecule has 1 aromatic heterocycles. The Morgan fingerprint density at radius 3 is 2.55 bits per heavy atom. The predicted octanol–water partition coefficient (Wildman–Crippen LogP) is 2.97. The van der Waals surface area contributed by atoms with Gasteiger partial charge in [-0.05, 0) is 51.9 Å². The highest BCUT2D eigenvalue weighted by Crippen LogP contribution is 2.43. The molecular weight excluding hydrogens is 276 g/mol. The van der Waals surface area contributed by atoms with Gasteiger partial charge in [-0.25, -0.2) is 0 Å². The summed E-state index contributed by atoms with van der Waals surface area (Å²) >= 11 is 0. The second-order valence-corrected chi connectivity index (χ2v) is 6.38. The molecule has 0 unspecified atom stereocenters. The largest absolute Gasteiger partial charge is 0.361 e. The number of guanidine groups is 1. The van der Waals surface area contributed by atoms with E-state index in [1.54, 1.807) is 0 Å². The molecule has 0 bridgehead atoms. The van der Waals surface area contributed by atoms with Gasteiger partial charge in [0.2, 0.25) is 0 Å². The van der Waals surface area contributed by atoms with Crippen LogP contribution in [0.4, 0.5) is 0 Å². The molecule has 0 radical (unpaired) electrons. The molecule has 0 saturated heterocycles. The summed E-state index contributed by atoms with van der Waals surface area (Å²) in [5.41, 5.74) is 2.65. The summed E-state index contributed by atoms with van der Waals surface area (Å²) in [5.74, 6) is 1.84. The second kappa shape index (κ2) is 7.65. The van der Waals surface area contributed by atoms with Crippen LogP contribution in [0.2, 0.25) is 0 Å². The molecule has 1 aliphatic rings. The van der Waals surface area contributed by atoms with Gasteiger partial charge in [0.1, 0.15) is 5.76 Å². The molecule has 1 fully saturated rings. The minimum atomic E-state index is 0.462. The molecule has 2 N–H and O–H groups in total. The summed E-state index contributed by atoms with van der Waals surface area (Å²) in [7, 11) is 0. The van der Waals surface area contributed by atoms with Crippen molar-refractivity contribution in [2.45, 2.75) is 59.8 Å². The molecule has 0 amide bonds. The SMILES string of the molecule is CCNC(=NCC1(CC)CCC1)NCCc1c(C)noc1C. The average molecular weight is 306 g/mol. The van der Waals surface area contributed by atoms with Gasteiger partial charge in [-0.1, -0.05) is 18.5 Å². The Hall–Kier alpha value is -1.52.